The second-order valence-corrected chi connectivity index (χ2v) is 6.19. The van der Waals surface area contributed by atoms with E-state index in [9.17, 15) is 9.59 Å². The number of rotatable bonds is 6. The van der Waals surface area contributed by atoms with Crippen molar-refractivity contribution in [1.29, 1.82) is 0 Å². The average Bonchev–Trinajstić information content (AvgIpc) is 3.47. The summed E-state index contributed by atoms with van der Waals surface area (Å²) in [7, 11) is 1.55. The lowest BCUT2D eigenvalue weighted by molar-refractivity contribution is 0.0988. The van der Waals surface area contributed by atoms with E-state index in [1.54, 1.807) is 66.6 Å². The van der Waals surface area contributed by atoms with Gasteiger partial charge in [0.25, 0.3) is 11.8 Å². The number of aromatic nitrogens is 3. The Bertz CT molecular complexity index is 1150. The molecule has 150 valence electrons. The van der Waals surface area contributed by atoms with Crippen molar-refractivity contribution in [3.8, 4) is 11.4 Å². The highest BCUT2D eigenvalue weighted by Crippen LogP contribution is 2.18. The van der Waals surface area contributed by atoms with Crippen LogP contribution in [0.5, 0.6) is 5.75 Å². The highest BCUT2D eigenvalue weighted by molar-refractivity contribution is 6.05. The molecule has 9 heteroatoms. The van der Waals surface area contributed by atoms with Crippen LogP contribution in [0.1, 0.15) is 20.9 Å². The number of amides is 2. The number of nitrogens with one attached hydrogen (secondary N) is 2. The van der Waals surface area contributed by atoms with Crippen LogP contribution in [-0.4, -0.2) is 33.7 Å². The maximum atomic E-state index is 12.4. The summed E-state index contributed by atoms with van der Waals surface area (Å²) in [6, 6.07) is 16.7. The molecule has 9 nitrogen and oxygen atoms in total. The lowest BCUT2D eigenvalue weighted by Crippen LogP contribution is -2.12. The predicted molar refractivity (Wildman–Crippen MR) is 109 cm³/mol. The average molecular weight is 403 g/mol. The van der Waals surface area contributed by atoms with Crippen LogP contribution in [0.15, 0.2) is 77.7 Å². The molecule has 0 saturated carbocycles. The third-order valence-electron chi connectivity index (χ3n) is 4.23. The van der Waals surface area contributed by atoms with Crippen LogP contribution in [0, 0.1) is 0 Å². The van der Waals surface area contributed by atoms with Crippen LogP contribution >= 0.6 is 0 Å². The largest absolute Gasteiger partial charge is 0.497 e. The molecule has 0 unspecified atom stereocenters. The molecule has 2 aromatic heterocycles. The zero-order valence-corrected chi connectivity index (χ0v) is 15.9. The molecular weight excluding hydrogens is 386 g/mol. The fraction of sp³-hybridized carbons (Fsp3) is 0.0476. The van der Waals surface area contributed by atoms with E-state index >= 15 is 0 Å². The van der Waals surface area contributed by atoms with Gasteiger partial charge in [0.2, 0.25) is 5.88 Å². The Labute approximate surface area is 171 Å². The van der Waals surface area contributed by atoms with Crippen molar-refractivity contribution < 1.29 is 18.7 Å². The lowest BCUT2D eigenvalue weighted by Gasteiger charge is -2.05. The van der Waals surface area contributed by atoms with Gasteiger partial charge in [-0.15, -0.1) is 0 Å². The second kappa shape index (κ2) is 8.31. The molecule has 4 aromatic rings. The fourth-order valence-electron chi connectivity index (χ4n) is 2.69. The Morgan fingerprint density at radius 3 is 2.37 bits per heavy atom. The number of anilines is 2. The Balaban J connectivity index is 1.38. The molecule has 0 aliphatic rings. The Kier molecular flexibility index (Phi) is 5.25. The molecular formula is C21H17N5O4. The summed E-state index contributed by atoms with van der Waals surface area (Å²) < 4.78 is 12.1. The quantitative estimate of drug-likeness (QED) is 0.511. The summed E-state index contributed by atoms with van der Waals surface area (Å²) in [5.74, 6) is 0.0943. The molecule has 2 N–H and O–H groups in total. The van der Waals surface area contributed by atoms with Gasteiger partial charge in [-0.3, -0.25) is 14.9 Å². The molecule has 0 atom stereocenters. The van der Waals surface area contributed by atoms with Crippen LogP contribution < -0.4 is 15.4 Å². The Morgan fingerprint density at radius 2 is 1.70 bits per heavy atom. The summed E-state index contributed by atoms with van der Waals surface area (Å²) in [6.45, 7) is 0. The van der Waals surface area contributed by atoms with Gasteiger partial charge >= 0.3 is 0 Å². The topological polar surface area (TPSA) is 111 Å². The first-order chi connectivity index (χ1) is 14.6. The van der Waals surface area contributed by atoms with Gasteiger partial charge < -0.3 is 14.5 Å². The molecule has 2 amide bonds. The highest BCUT2D eigenvalue weighted by Gasteiger charge is 2.14. The first kappa shape index (κ1) is 18.9. The second-order valence-electron chi connectivity index (χ2n) is 6.19. The molecule has 0 aliphatic heterocycles. The van der Waals surface area contributed by atoms with E-state index in [2.05, 4.69) is 20.7 Å². The standard InChI is InChI=1S/C21H17N5O4/c1-29-17-8-2-14(3-9-17)20(27)25-19-11-10-18(30-19)21(28)24-15-4-6-16(7-5-15)26-13-22-12-23-26/h2-13H,1H3,(H,24,28)(H,25,27). The number of furan rings is 1. The first-order valence-electron chi connectivity index (χ1n) is 8.94. The van der Waals surface area contributed by atoms with Gasteiger partial charge in [-0.25, -0.2) is 9.67 Å². The van der Waals surface area contributed by atoms with E-state index in [1.165, 1.54) is 18.5 Å². The molecule has 2 aromatic carbocycles. The van der Waals surface area contributed by atoms with Gasteiger partial charge in [0.15, 0.2) is 5.76 Å². The first-order valence-corrected chi connectivity index (χ1v) is 8.94. The van der Waals surface area contributed by atoms with Gasteiger partial charge in [0, 0.05) is 17.3 Å². The number of methoxy groups -OCH3 is 1. The summed E-state index contributed by atoms with van der Waals surface area (Å²) in [4.78, 5) is 28.6. The SMILES string of the molecule is COc1ccc(C(=O)Nc2ccc(C(=O)Nc3ccc(-n4cncn4)cc3)o2)cc1. The number of ether oxygens (including phenoxy) is 1. The minimum absolute atomic E-state index is 0.0698. The molecule has 4 rings (SSSR count). The van der Waals surface area contributed by atoms with Gasteiger partial charge in [-0.05, 0) is 54.6 Å². The third-order valence-corrected chi connectivity index (χ3v) is 4.23. The van der Waals surface area contributed by atoms with E-state index in [0.717, 1.165) is 5.69 Å². The van der Waals surface area contributed by atoms with Gasteiger partial charge in [-0.1, -0.05) is 0 Å². The summed E-state index contributed by atoms with van der Waals surface area (Å²) in [5, 5.41) is 9.40. The number of benzene rings is 2. The number of hydrogen-bond donors (Lipinski definition) is 2. The fourth-order valence-corrected chi connectivity index (χ4v) is 2.69. The van der Waals surface area contributed by atoms with Crippen LogP contribution in [0.3, 0.4) is 0 Å². The van der Waals surface area contributed by atoms with Gasteiger partial charge in [0.05, 0.1) is 12.8 Å². The molecule has 0 saturated heterocycles. The molecule has 0 aliphatic carbocycles. The number of carbonyl (C=O) groups is 2. The third kappa shape index (κ3) is 4.20. The van der Waals surface area contributed by atoms with E-state index in [4.69, 9.17) is 9.15 Å². The molecule has 0 bridgehead atoms. The van der Waals surface area contributed by atoms with Crippen molar-refractivity contribution in [3.05, 3.63) is 84.6 Å². The minimum atomic E-state index is -0.437. The van der Waals surface area contributed by atoms with Crippen LogP contribution in [0.2, 0.25) is 0 Å². The van der Waals surface area contributed by atoms with Crippen molar-refractivity contribution in [3.63, 3.8) is 0 Å². The van der Waals surface area contributed by atoms with Crippen molar-refractivity contribution in [2.75, 3.05) is 17.7 Å². The monoisotopic (exact) mass is 403 g/mol. The number of hydrogen-bond acceptors (Lipinski definition) is 6. The summed E-state index contributed by atoms with van der Waals surface area (Å²) >= 11 is 0. The van der Waals surface area contributed by atoms with Crippen molar-refractivity contribution >= 4 is 23.4 Å². The smallest absolute Gasteiger partial charge is 0.291 e. The van der Waals surface area contributed by atoms with Crippen molar-refractivity contribution in [2.24, 2.45) is 0 Å². The zero-order valence-electron chi connectivity index (χ0n) is 15.9. The summed E-state index contributed by atoms with van der Waals surface area (Å²) in [5.41, 5.74) is 1.83. The normalized spacial score (nSPS) is 10.4. The molecule has 0 radical (unpaired) electrons. The number of nitrogens with zero attached hydrogens (tertiary/aromatic N) is 3. The van der Waals surface area contributed by atoms with Crippen LogP contribution in [0.4, 0.5) is 11.6 Å². The van der Waals surface area contributed by atoms with Crippen molar-refractivity contribution in [1.82, 2.24) is 14.8 Å². The Hall–Kier alpha value is -4.40. The maximum Gasteiger partial charge on any atom is 0.291 e. The minimum Gasteiger partial charge on any atom is -0.497 e. The van der Waals surface area contributed by atoms with Crippen LogP contribution in [0.25, 0.3) is 5.69 Å². The molecule has 30 heavy (non-hydrogen) atoms. The van der Waals surface area contributed by atoms with Gasteiger partial charge in [0.1, 0.15) is 18.4 Å². The predicted octanol–water partition coefficient (Wildman–Crippen LogP) is 3.37. The summed E-state index contributed by atoms with van der Waals surface area (Å²) in [6.07, 6.45) is 3.02. The lowest BCUT2D eigenvalue weighted by atomic mass is 10.2. The molecule has 0 spiro atoms. The van der Waals surface area contributed by atoms with E-state index in [-0.39, 0.29) is 17.6 Å². The molecule has 2 heterocycles. The van der Waals surface area contributed by atoms with E-state index < -0.39 is 5.91 Å². The van der Waals surface area contributed by atoms with E-state index in [1.807, 2.05) is 0 Å². The van der Waals surface area contributed by atoms with Gasteiger partial charge in [-0.2, -0.15) is 5.10 Å². The molecule has 0 fully saturated rings. The van der Waals surface area contributed by atoms with Crippen molar-refractivity contribution in [2.45, 2.75) is 0 Å². The highest BCUT2D eigenvalue weighted by atomic mass is 16.5. The number of carbonyl (C=O) groups excluding carboxylic acids is 2. The Morgan fingerprint density at radius 1 is 0.933 bits per heavy atom. The zero-order chi connectivity index (χ0) is 20.9. The maximum absolute atomic E-state index is 12.4. The van der Waals surface area contributed by atoms with E-state index in [0.29, 0.717) is 17.0 Å². The van der Waals surface area contributed by atoms with Crippen LogP contribution in [-0.2, 0) is 0 Å².